The lowest BCUT2D eigenvalue weighted by atomic mass is 10.1. The van der Waals surface area contributed by atoms with Crippen LogP contribution in [0.2, 0.25) is 0 Å². The zero-order valence-corrected chi connectivity index (χ0v) is 16.9. The molecular weight excluding hydrogens is 377 g/mol. The van der Waals surface area contributed by atoms with Crippen LogP contribution in [-0.4, -0.2) is 22.5 Å². The molecule has 0 aliphatic heterocycles. The van der Waals surface area contributed by atoms with E-state index in [9.17, 15) is 12.8 Å². The Morgan fingerprint density at radius 1 is 0.964 bits per heavy atom. The van der Waals surface area contributed by atoms with Gasteiger partial charge in [-0.05, 0) is 62.2 Å². The molecule has 5 nitrogen and oxygen atoms in total. The number of hydrogen-bond acceptors (Lipinski definition) is 3. The highest BCUT2D eigenvalue weighted by Crippen LogP contribution is 2.34. The monoisotopic (exact) mass is 397 g/mol. The van der Waals surface area contributed by atoms with Crippen LogP contribution < -0.4 is 0 Å². The van der Waals surface area contributed by atoms with Crippen molar-refractivity contribution in [2.75, 3.05) is 0 Å². The number of sulfone groups is 1. The lowest BCUT2D eigenvalue weighted by Crippen LogP contribution is -2.05. The molecule has 2 heterocycles. The molecule has 4 rings (SSSR count). The number of hydrogen-bond donors (Lipinski definition) is 0. The summed E-state index contributed by atoms with van der Waals surface area (Å²) in [4.78, 5) is 4.64. The van der Waals surface area contributed by atoms with Crippen LogP contribution >= 0.6 is 0 Å². The Morgan fingerprint density at radius 2 is 1.71 bits per heavy atom. The fourth-order valence-electron chi connectivity index (χ4n) is 3.61. The maximum absolute atomic E-state index is 13.8. The third kappa shape index (κ3) is 2.82. The molecule has 0 fully saturated rings. The second kappa shape index (κ2) is 6.31. The topological polar surface area (TPSA) is 56.9 Å². The third-order valence-electron chi connectivity index (χ3n) is 4.96. The standard InChI is InChI=1S/C21H20FN3O2S/c1-13-8-17(25-10-15(3)23-12-25)5-6-19(13)28(26,27)20-11-24(4)18-9-16(22)7-14(2)21(18)20/h5-12H,1-4H3. The first-order chi connectivity index (χ1) is 13.2. The second-order valence-electron chi connectivity index (χ2n) is 7.10. The fraction of sp³-hybridized carbons (Fsp3) is 0.190. The highest BCUT2D eigenvalue weighted by Gasteiger charge is 2.26. The number of imidazole rings is 1. The van der Waals surface area contributed by atoms with Gasteiger partial charge in [0.2, 0.25) is 9.84 Å². The van der Waals surface area contributed by atoms with Crippen LogP contribution in [0.5, 0.6) is 0 Å². The van der Waals surface area contributed by atoms with E-state index in [4.69, 9.17) is 0 Å². The number of fused-ring (bicyclic) bond motifs is 1. The molecular formula is C21H20FN3O2S. The van der Waals surface area contributed by atoms with Crippen LogP contribution in [0, 0.1) is 26.6 Å². The molecule has 0 bridgehead atoms. The molecule has 0 saturated carbocycles. The van der Waals surface area contributed by atoms with Crippen LogP contribution in [0.15, 0.2) is 58.8 Å². The minimum absolute atomic E-state index is 0.192. The number of nitrogens with zero attached hydrogens (tertiary/aromatic N) is 3. The van der Waals surface area contributed by atoms with Crippen molar-refractivity contribution in [3.8, 4) is 5.69 Å². The highest BCUT2D eigenvalue weighted by molar-refractivity contribution is 7.91. The molecule has 0 saturated heterocycles. The molecule has 0 unspecified atom stereocenters. The van der Waals surface area contributed by atoms with Gasteiger partial charge in [-0.15, -0.1) is 0 Å². The zero-order chi connectivity index (χ0) is 20.2. The van der Waals surface area contributed by atoms with Gasteiger partial charge in [-0.1, -0.05) is 0 Å². The molecule has 7 heteroatoms. The Bertz CT molecular complexity index is 1330. The number of benzene rings is 2. The van der Waals surface area contributed by atoms with Crippen molar-refractivity contribution in [1.29, 1.82) is 0 Å². The van der Waals surface area contributed by atoms with Gasteiger partial charge in [-0.25, -0.2) is 17.8 Å². The molecule has 0 radical (unpaired) electrons. The van der Waals surface area contributed by atoms with E-state index in [1.165, 1.54) is 12.1 Å². The molecule has 0 atom stereocenters. The summed E-state index contributed by atoms with van der Waals surface area (Å²) in [5.41, 5.74) is 3.51. The minimum atomic E-state index is -3.77. The summed E-state index contributed by atoms with van der Waals surface area (Å²) in [5.74, 6) is -0.383. The number of rotatable bonds is 3. The molecule has 0 spiro atoms. The largest absolute Gasteiger partial charge is 0.349 e. The normalized spacial score (nSPS) is 12.0. The van der Waals surface area contributed by atoms with Gasteiger partial charge in [0.05, 0.1) is 27.3 Å². The number of aryl methyl sites for hydroxylation is 4. The van der Waals surface area contributed by atoms with E-state index in [1.807, 2.05) is 23.8 Å². The molecule has 144 valence electrons. The highest BCUT2D eigenvalue weighted by atomic mass is 32.2. The van der Waals surface area contributed by atoms with Gasteiger partial charge in [0.15, 0.2) is 0 Å². The van der Waals surface area contributed by atoms with Gasteiger partial charge < -0.3 is 9.13 Å². The summed E-state index contributed by atoms with van der Waals surface area (Å²) in [5, 5.41) is 0.553. The van der Waals surface area contributed by atoms with Gasteiger partial charge in [-0.3, -0.25) is 0 Å². The van der Waals surface area contributed by atoms with Crippen molar-refractivity contribution in [2.45, 2.75) is 30.6 Å². The van der Waals surface area contributed by atoms with Gasteiger partial charge in [-0.2, -0.15) is 0 Å². The Hall–Kier alpha value is -2.93. The molecule has 0 amide bonds. The van der Waals surface area contributed by atoms with Crippen LogP contribution in [0.4, 0.5) is 4.39 Å². The first kappa shape index (κ1) is 18.4. The van der Waals surface area contributed by atoms with E-state index in [0.717, 1.165) is 11.4 Å². The second-order valence-corrected chi connectivity index (χ2v) is 8.98. The predicted molar refractivity (Wildman–Crippen MR) is 106 cm³/mol. The maximum Gasteiger partial charge on any atom is 0.208 e. The van der Waals surface area contributed by atoms with Crippen molar-refractivity contribution in [1.82, 2.24) is 14.1 Å². The smallest absolute Gasteiger partial charge is 0.208 e. The summed E-state index contributed by atoms with van der Waals surface area (Å²) in [6, 6.07) is 7.93. The van der Waals surface area contributed by atoms with E-state index in [1.54, 1.807) is 50.1 Å². The van der Waals surface area contributed by atoms with Gasteiger partial charge in [0.25, 0.3) is 0 Å². The van der Waals surface area contributed by atoms with Crippen LogP contribution in [-0.2, 0) is 16.9 Å². The molecule has 28 heavy (non-hydrogen) atoms. The minimum Gasteiger partial charge on any atom is -0.349 e. The van der Waals surface area contributed by atoms with Crippen molar-refractivity contribution >= 4 is 20.7 Å². The Morgan fingerprint density at radius 3 is 2.36 bits per heavy atom. The predicted octanol–water partition coefficient (Wildman–Crippen LogP) is 4.26. The maximum atomic E-state index is 13.8. The van der Waals surface area contributed by atoms with E-state index in [2.05, 4.69) is 4.98 Å². The average Bonchev–Trinajstić information content (AvgIpc) is 3.19. The van der Waals surface area contributed by atoms with Crippen LogP contribution in [0.1, 0.15) is 16.8 Å². The zero-order valence-electron chi connectivity index (χ0n) is 16.1. The van der Waals surface area contributed by atoms with Gasteiger partial charge in [0.1, 0.15) is 5.82 Å². The van der Waals surface area contributed by atoms with E-state index in [-0.39, 0.29) is 15.6 Å². The quantitative estimate of drug-likeness (QED) is 0.519. The lowest BCUT2D eigenvalue weighted by molar-refractivity contribution is 0.596. The molecule has 0 aliphatic rings. The summed E-state index contributed by atoms with van der Waals surface area (Å²) < 4.78 is 44.2. The molecule has 0 aliphatic carbocycles. The van der Waals surface area contributed by atoms with E-state index in [0.29, 0.717) is 22.0 Å². The fourth-order valence-corrected chi connectivity index (χ4v) is 5.41. The SMILES string of the molecule is Cc1cn(-c2ccc(S(=O)(=O)c3cn(C)c4cc(F)cc(C)c34)c(C)c2)cn1. The lowest BCUT2D eigenvalue weighted by Gasteiger charge is -2.10. The Labute approximate surface area is 163 Å². The van der Waals surface area contributed by atoms with Gasteiger partial charge >= 0.3 is 0 Å². The Kier molecular flexibility index (Phi) is 4.15. The number of aromatic nitrogens is 3. The molecule has 2 aromatic carbocycles. The van der Waals surface area contributed by atoms with Crippen LogP contribution in [0.25, 0.3) is 16.6 Å². The Balaban J connectivity index is 1.89. The summed E-state index contributed by atoms with van der Waals surface area (Å²) >= 11 is 0. The number of halogens is 1. The summed E-state index contributed by atoms with van der Waals surface area (Å²) in [6.07, 6.45) is 5.13. The van der Waals surface area contributed by atoms with E-state index < -0.39 is 9.84 Å². The summed E-state index contributed by atoms with van der Waals surface area (Å²) in [7, 11) is -2.05. The third-order valence-corrected chi connectivity index (χ3v) is 6.89. The van der Waals surface area contributed by atoms with Crippen molar-refractivity contribution in [3.63, 3.8) is 0 Å². The van der Waals surface area contributed by atoms with Crippen molar-refractivity contribution in [2.24, 2.45) is 7.05 Å². The first-order valence-electron chi connectivity index (χ1n) is 8.80. The first-order valence-corrected chi connectivity index (χ1v) is 10.3. The average molecular weight is 397 g/mol. The van der Waals surface area contributed by atoms with Crippen molar-refractivity contribution in [3.05, 3.63) is 71.7 Å². The molecule has 4 aromatic rings. The summed E-state index contributed by atoms with van der Waals surface area (Å²) in [6.45, 7) is 5.40. The molecule has 0 N–H and O–H groups in total. The van der Waals surface area contributed by atoms with Crippen LogP contribution in [0.3, 0.4) is 0 Å². The van der Waals surface area contributed by atoms with E-state index >= 15 is 0 Å². The molecule has 2 aromatic heterocycles. The van der Waals surface area contributed by atoms with Gasteiger partial charge in [0, 0.05) is 30.5 Å². The van der Waals surface area contributed by atoms with Crippen molar-refractivity contribution < 1.29 is 12.8 Å².